The Morgan fingerprint density at radius 3 is 2.85 bits per heavy atom. The maximum absolute atomic E-state index is 9.78. The smallest absolute Gasteiger partial charge is 0.0754 e. The number of aliphatic hydroxyl groups is 2. The number of hydrogen-bond donors (Lipinski definition) is 2. The van der Waals surface area contributed by atoms with Crippen molar-refractivity contribution in [3.05, 3.63) is 11.6 Å². The van der Waals surface area contributed by atoms with Gasteiger partial charge in [0.15, 0.2) is 0 Å². The predicted molar refractivity (Wildman–Crippen MR) is 53.4 cm³/mol. The molecule has 1 aliphatic rings. The van der Waals surface area contributed by atoms with Gasteiger partial charge in [-0.3, -0.25) is 0 Å². The highest BCUT2D eigenvalue weighted by molar-refractivity contribution is 5.08. The average molecular weight is 184 g/mol. The van der Waals surface area contributed by atoms with Crippen LogP contribution in [-0.4, -0.2) is 22.9 Å². The molecule has 0 fully saturated rings. The molecule has 0 amide bonds. The Labute approximate surface area is 80.3 Å². The highest BCUT2D eigenvalue weighted by Gasteiger charge is 2.26. The first-order valence-electron chi connectivity index (χ1n) is 5.11. The molecule has 0 radical (unpaired) electrons. The van der Waals surface area contributed by atoms with Gasteiger partial charge in [0.05, 0.1) is 6.10 Å². The van der Waals surface area contributed by atoms with E-state index in [9.17, 15) is 5.11 Å². The molecule has 13 heavy (non-hydrogen) atoms. The summed E-state index contributed by atoms with van der Waals surface area (Å²) in [7, 11) is 0. The van der Waals surface area contributed by atoms with Gasteiger partial charge in [-0.15, -0.1) is 0 Å². The van der Waals surface area contributed by atoms with Gasteiger partial charge in [0.1, 0.15) is 0 Å². The summed E-state index contributed by atoms with van der Waals surface area (Å²) >= 11 is 0. The molecular formula is C11H20O2. The van der Waals surface area contributed by atoms with Gasteiger partial charge in [0.25, 0.3) is 0 Å². The Bertz CT molecular complexity index is 187. The molecule has 2 N–H and O–H groups in total. The molecule has 0 aliphatic heterocycles. The number of rotatable bonds is 3. The SMILES string of the molecule is CC1=CC(O)C(C(C)CCO)CC1. The fourth-order valence-electron chi connectivity index (χ4n) is 2.10. The van der Waals surface area contributed by atoms with Crippen LogP contribution in [0.4, 0.5) is 0 Å². The normalized spacial score (nSPS) is 31.2. The third-order valence-corrected chi connectivity index (χ3v) is 3.08. The second-order valence-corrected chi connectivity index (χ2v) is 4.20. The molecule has 2 heteroatoms. The molecule has 0 saturated carbocycles. The van der Waals surface area contributed by atoms with Gasteiger partial charge in [-0.25, -0.2) is 0 Å². The van der Waals surface area contributed by atoms with Crippen molar-refractivity contribution in [2.75, 3.05) is 6.61 Å². The first-order valence-corrected chi connectivity index (χ1v) is 5.11. The van der Waals surface area contributed by atoms with Gasteiger partial charge in [-0.2, -0.15) is 0 Å². The van der Waals surface area contributed by atoms with Crippen LogP contribution in [0.1, 0.15) is 33.1 Å². The Morgan fingerprint density at radius 2 is 2.31 bits per heavy atom. The maximum atomic E-state index is 9.78. The molecule has 0 spiro atoms. The van der Waals surface area contributed by atoms with Crippen LogP contribution in [0, 0.1) is 11.8 Å². The lowest BCUT2D eigenvalue weighted by Crippen LogP contribution is -2.28. The molecule has 0 saturated heterocycles. The van der Waals surface area contributed by atoms with E-state index in [1.165, 1.54) is 5.57 Å². The van der Waals surface area contributed by atoms with Crippen molar-refractivity contribution in [3.63, 3.8) is 0 Å². The highest BCUT2D eigenvalue weighted by atomic mass is 16.3. The van der Waals surface area contributed by atoms with E-state index in [0.29, 0.717) is 11.8 Å². The monoisotopic (exact) mass is 184 g/mol. The van der Waals surface area contributed by atoms with Gasteiger partial charge < -0.3 is 10.2 Å². The highest BCUT2D eigenvalue weighted by Crippen LogP contribution is 2.30. The summed E-state index contributed by atoms with van der Waals surface area (Å²) < 4.78 is 0. The number of hydrogen-bond acceptors (Lipinski definition) is 2. The van der Waals surface area contributed by atoms with Crippen molar-refractivity contribution < 1.29 is 10.2 Å². The second-order valence-electron chi connectivity index (χ2n) is 4.20. The summed E-state index contributed by atoms with van der Waals surface area (Å²) in [5.41, 5.74) is 1.29. The van der Waals surface area contributed by atoms with Gasteiger partial charge in [-0.05, 0) is 38.0 Å². The van der Waals surface area contributed by atoms with Gasteiger partial charge in [0, 0.05) is 6.61 Å². The summed E-state index contributed by atoms with van der Waals surface area (Å²) in [6.45, 7) is 4.40. The minimum absolute atomic E-state index is 0.229. The Balaban J connectivity index is 2.52. The molecule has 3 atom stereocenters. The zero-order valence-corrected chi connectivity index (χ0v) is 8.53. The molecule has 0 aromatic carbocycles. The molecule has 2 nitrogen and oxygen atoms in total. The van der Waals surface area contributed by atoms with E-state index >= 15 is 0 Å². The standard InChI is InChI=1S/C11H20O2/c1-8-3-4-10(11(13)7-8)9(2)5-6-12/h7,9-13H,3-6H2,1-2H3. The van der Waals surface area contributed by atoms with Crippen LogP contribution in [0.15, 0.2) is 11.6 Å². The summed E-state index contributed by atoms with van der Waals surface area (Å²) in [6.07, 6.45) is 4.62. The summed E-state index contributed by atoms with van der Waals surface area (Å²) in [6, 6.07) is 0. The summed E-state index contributed by atoms with van der Waals surface area (Å²) in [4.78, 5) is 0. The van der Waals surface area contributed by atoms with Crippen LogP contribution in [-0.2, 0) is 0 Å². The molecule has 1 rings (SSSR count). The zero-order valence-electron chi connectivity index (χ0n) is 8.53. The van der Waals surface area contributed by atoms with Gasteiger partial charge >= 0.3 is 0 Å². The Hall–Kier alpha value is -0.340. The molecule has 1 aliphatic carbocycles. The van der Waals surface area contributed by atoms with E-state index in [4.69, 9.17) is 5.11 Å². The van der Waals surface area contributed by atoms with Crippen molar-refractivity contribution in [2.45, 2.75) is 39.2 Å². The lowest BCUT2D eigenvalue weighted by atomic mass is 9.78. The Morgan fingerprint density at radius 1 is 1.62 bits per heavy atom. The van der Waals surface area contributed by atoms with E-state index in [2.05, 4.69) is 13.8 Å². The van der Waals surface area contributed by atoms with E-state index in [-0.39, 0.29) is 12.7 Å². The first-order chi connectivity index (χ1) is 6.15. The van der Waals surface area contributed by atoms with Crippen LogP contribution in [0.25, 0.3) is 0 Å². The fourth-order valence-corrected chi connectivity index (χ4v) is 2.10. The summed E-state index contributed by atoms with van der Waals surface area (Å²) in [5, 5.41) is 18.6. The Kier molecular flexibility index (Phi) is 3.94. The van der Waals surface area contributed by atoms with Crippen molar-refractivity contribution in [3.8, 4) is 0 Å². The second kappa shape index (κ2) is 4.77. The first kappa shape index (κ1) is 10.7. The van der Waals surface area contributed by atoms with Crippen LogP contribution < -0.4 is 0 Å². The average Bonchev–Trinajstić information content (AvgIpc) is 2.04. The third-order valence-electron chi connectivity index (χ3n) is 3.08. The van der Waals surface area contributed by atoms with Gasteiger partial charge in [0.2, 0.25) is 0 Å². The van der Waals surface area contributed by atoms with Crippen LogP contribution in [0.3, 0.4) is 0 Å². The fraction of sp³-hybridized carbons (Fsp3) is 0.818. The topological polar surface area (TPSA) is 40.5 Å². The van der Waals surface area contributed by atoms with E-state index in [1.54, 1.807) is 0 Å². The van der Waals surface area contributed by atoms with Crippen molar-refractivity contribution >= 4 is 0 Å². The minimum atomic E-state index is -0.296. The van der Waals surface area contributed by atoms with Crippen LogP contribution in [0.5, 0.6) is 0 Å². The molecule has 76 valence electrons. The molecule has 0 aromatic heterocycles. The molecule has 0 heterocycles. The quantitative estimate of drug-likeness (QED) is 0.656. The van der Waals surface area contributed by atoms with Crippen molar-refractivity contribution in [1.82, 2.24) is 0 Å². The van der Waals surface area contributed by atoms with Crippen molar-refractivity contribution in [1.29, 1.82) is 0 Å². The van der Waals surface area contributed by atoms with E-state index in [0.717, 1.165) is 19.3 Å². The van der Waals surface area contributed by atoms with Gasteiger partial charge in [-0.1, -0.05) is 18.6 Å². The number of aliphatic hydroxyl groups excluding tert-OH is 2. The maximum Gasteiger partial charge on any atom is 0.0754 e. The van der Waals surface area contributed by atoms with E-state index in [1.807, 2.05) is 6.08 Å². The van der Waals surface area contributed by atoms with E-state index < -0.39 is 0 Å². The number of allylic oxidation sites excluding steroid dienone is 1. The lowest BCUT2D eigenvalue weighted by Gasteiger charge is -2.30. The molecule has 0 bridgehead atoms. The third kappa shape index (κ3) is 2.82. The minimum Gasteiger partial charge on any atom is -0.396 e. The largest absolute Gasteiger partial charge is 0.396 e. The van der Waals surface area contributed by atoms with Crippen LogP contribution in [0.2, 0.25) is 0 Å². The summed E-state index contributed by atoms with van der Waals surface area (Å²) in [5.74, 6) is 0.764. The zero-order chi connectivity index (χ0) is 9.84. The van der Waals surface area contributed by atoms with Crippen molar-refractivity contribution in [2.24, 2.45) is 11.8 Å². The lowest BCUT2D eigenvalue weighted by molar-refractivity contribution is 0.0906. The molecule has 0 aromatic rings. The van der Waals surface area contributed by atoms with Crippen LogP contribution >= 0.6 is 0 Å². The molecular weight excluding hydrogens is 164 g/mol. The molecule has 3 unspecified atom stereocenters. The predicted octanol–water partition coefficient (Wildman–Crippen LogP) is 1.72.